The lowest BCUT2D eigenvalue weighted by atomic mass is 10.0. The first-order valence-corrected chi connectivity index (χ1v) is 9.21. The maximum Gasteiger partial charge on any atom is 0.241 e. The summed E-state index contributed by atoms with van der Waals surface area (Å²) in [6, 6.07) is 9.12. The van der Waals surface area contributed by atoms with Crippen LogP contribution in [0.25, 0.3) is 28.2 Å². The molecule has 0 radical (unpaired) electrons. The number of amides is 1. The van der Waals surface area contributed by atoms with Crippen LogP contribution < -0.4 is 5.73 Å². The number of carbonyl (C=O) groups excluding carboxylic acids is 2. The third-order valence-corrected chi connectivity index (χ3v) is 4.72. The zero-order valence-corrected chi connectivity index (χ0v) is 16.2. The van der Waals surface area contributed by atoms with Gasteiger partial charge in [-0.25, -0.2) is 9.37 Å². The van der Waals surface area contributed by atoms with Gasteiger partial charge in [0.15, 0.2) is 0 Å². The molecule has 0 spiro atoms. The minimum absolute atomic E-state index is 0.0886. The van der Waals surface area contributed by atoms with Gasteiger partial charge in [-0.05, 0) is 42.0 Å². The molecule has 0 fully saturated rings. The molecule has 148 valence electrons. The van der Waals surface area contributed by atoms with Crippen molar-refractivity contribution in [3.8, 4) is 11.1 Å². The Labute approximate surface area is 175 Å². The summed E-state index contributed by atoms with van der Waals surface area (Å²) in [6.07, 6.45) is 7.46. The highest BCUT2D eigenvalue weighted by Crippen LogP contribution is 2.27. The van der Waals surface area contributed by atoms with Crippen molar-refractivity contribution in [2.75, 3.05) is 0 Å². The number of fused-ring (bicyclic) bond motifs is 1. The van der Waals surface area contributed by atoms with Crippen LogP contribution in [0.4, 0.5) is 4.39 Å². The number of rotatable bonds is 5. The molecule has 3 heterocycles. The summed E-state index contributed by atoms with van der Waals surface area (Å²) in [7, 11) is 0. The fourth-order valence-corrected chi connectivity index (χ4v) is 3.13. The van der Waals surface area contributed by atoms with Gasteiger partial charge in [0.25, 0.3) is 0 Å². The first-order valence-electron chi connectivity index (χ1n) is 8.83. The van der Waals surface area contributed by atoms with Gasteiger partial charge in [-0.15, -0.1) is 0 Å². The van der Waals surface area contributed by atoms with E-state index in [4.69, 9.17) is 17.3 Å². The molecule has 6 nitrogen and oxygen atoms in total. The van der Waals surface area contributed by atoms with Crippen LogP contribution >= 0.6 is 11.6 Å². The predicted molar refractivity (Wildman–Crippen MR) is 112 cm³/mol. The summed E-state index contributed by atoms with van der Waals surface area (Å²) >= 11 is 5.78. The average Bonchev–Trinajstić information content (AvgIpc) is 3.14. The summed E-state index contributed by atoms with van der Waals surface area (Å²) < 4.78 is 14.7. The Bertz CT molecular complexity index is 1310. The number of hydrogen-bond donors (Lipinski definition) is 2. The van der Waals surface area contributed by atoms with Gasteiger partial charge in [-0.3, -0.25) is 14.6 Å². The van der Waals surface area contributed by atoms with Gasteiger partial charge in [0.1, 0.15) is 17.2 Å². The molecule has 0 saturated carbocycles. The molecule has 3 aromatic heterocycles. The zero-order valence-electron chi connectivity index (χ0n) is 15.4. The van der Waals surface area contributed by atoms with Crippen LogP contribution in [-0.4, -0.2) is 26.6 Å². The molecule has 0 atom stereocenters. The van der Waals surface area contributed by atoms with Crippen molar-refractivity contribution in [3.05, 3.63) is 88.7 Å². The number of ketones is 1. The molecular weight excluding hydrogens is 407 g/mol. The van der Waals surface area contributed by atoms with Crippen LogP contribution in [0, 0.1) is 5.82 Å². The van der Waals surface area contributed by atoms with Gasteiger partial charge in [-0.1, -0.05) is 17.7 Å². The van der Waals surface area contributed by atoms with E-state index in [0.29, 0.717) is 21.8 Å². The maximum absolute atomic E-state index is 14.7. The van der Waals surface area contributed by atoms with Crippen molar-refractivity contribution < 1.29 is 14.0 Å². The number of nitrogens with zero attached hydrogens (tertiary/aromatic N) is 2. The molecule has 0 saturated heterocycles. The lowest BCUT2D eigenvalue weighted by Gasteiger charge is -2.06. The van der Waals surface area contributed by atoms with Crippen molar-refractivity contribution in [3.63, 3.8) is 0 Å². The summed E-state index contributed by atoms with van der Waals surface area (Å²) in [5.41, 5.74) is 7.70. The van der Waals surface area contributed by atoms with E-state index in [1.165, 1.54) is 36.5 Å². The van der Waals surface area contributed by atoms with Crippen LogP contribution in [0.5, 0.6) is 0 Å². The lowest BCUT2D eigenvalue weighted by molar-refractivity contribution is -0.113. The predicted octanol–water partition coefficient (Wildman–Crippen LogP) is 4.15. The molecule has 0 aliphatic carbocycles. The monoisotopic (exact) mass is 420 g/mol. The molecular formula is C22H14ClFN4O2. The summed E-state index contributed by atoms with van der Waals surface area (Å²) in [5.74, 6) is -1.77. The number of aromatic nitrogens is 3. The number of H-pyrrole nitrogens is 1. The Kier molecular flexibility index (Phi) is 5.12. The second-order valence-electron chi connectivity index (χ2n) is 6.49. The van der Waals surface area contributed by atoms with E-state index in [1.54, 1.807) is 24.5 Å². The van der Waals surface area contributed by atoms with E-state index in [2.05, 4.69) is 15.0 Å². The first kappa shape index (κ1) is 19.5. The smallest absolute Gasteiger partial charge is 0.241 e. The fraction of sp³-hybridized carbons (Fsp3) is 0. The van der Waals surface area contributed by atoms with Crippen LogP contribution in [-0.2, 0) is 4.79 Å². The third kappa shape index (κ3) is 3.83. The molecule has 4 rings (SSSR count). The molecule has 8 heteroatoms. The summed E-state index contributed by atoms with van der Waals surface area (Å²) in [5, 5.41) is 1.14. The van der Waals surface area contributed by atoms with Crippen LogP contribution in [0.2, 0.25) is 5.02 Å². The van der Waals surface area contributed by atoms with Gasteiger partial charge in [0.2, 0.25) is 11.7 Å². The van der Waals surface area contributed by atoms with Crippen molar-refractivity contribution in [2.24, 2.45) is 5.73 Å². The molecule has 3 N–H and O–H groups in total. The Hall–Kier alpha value is -3.84. The Morgan fingerprint density at radius 1 is 1.07 bits per heavy atom. The molecule has 0 aliphatic rings. The number of halogens is 2. The highest BCUT2D eigenvalue weighted by Gasteiger charge is 2.16. The van der Waals surface area contributed by atoms with Crippen LogP contribution in [0.3, 0.4) is 0 Å². The van der Waals surface area contributed by atoms with Gasteiger partial charge < -0.3 is 10.7 Å². The molecule has 0 unspecified atom stereocenters. The van der Waals surface area contributed by atoms with Gasteiger partial charge in [0, 0.05) is 41.2 Å². The van der Waals surface area contributed by atoms with Crippen LogP contribution in [0.1, 0.15) is 21.6 Å². The van der Waals surface area contributed by atoms with Crippen LogP contribution in [0.15, 0.2) is 61.1 Å². The number of hydrogen-bond acceptors (Lipinski definition) is 4. The van der Waals surface area contributed by atoms with Gasteiger partial charge in [-0.2, -0.15) is 0 Å². The van der Waals surface area contributed by atoms with Crippen molar-refractivity contribution in [1.29, 1.82) is 0 Å². The number of benzene rings is 1. The maximum atomic E-state index is 14.7. The Morgan fingerprint density at radius 3 is 2.60 bits per heavy atom. The standard InChI is InChI=1S/C22H14ClFN4O2/c23-15-3-5-19(26-11-15)21(30)16-4-1-12(8-18(16)24)14-7-17-13(2-6-20(25)29)9-27-22(17)28-10-14/h1-11H,(H2,25,29)(H,27,28). The summed E-state index contributed by atoms with van der Waals surface area (Å²) in [6.45, 7) is 0. The number of pyridine rings is 2. The van der Waals surface area contributed by atoms with E-state index in [-0.39, 0.29) is 11.3 Å². The highest BCUT2D eigenvalue weighted by atomic mass is 35.5. The number of aromatic amines is 1. The lowest BCUT2D eigenvalue weighted by Crippen LogP contribution is -2.06. The third-order valence-electron chi connectivity index (χ3n) is 4.50. The minimum atomic E-state index is -0.669. The van der Waals surface area contributed by atoms with E-state index in [1.807, 2.05) is 6.07 Å². The largest absolute Gasteiger partial charge is 0.366 e. The fourth-order valence-electron chi connectivity index (χ4n) is 3.02. The number of nitrogens with two attached hydrogens (primary N) is 1. The SMILES string of the molecule is NC(=O)C=Cc1c[nH]c2ncc(-c3ccc(C(=O)c4ccc(Cl)cn4)c(F)c3)cc12. The van der Waals surface area contributed by atoms with E-state index < -0.39 is 17.5 Å². The van der Waals surface area contributed by atoms with E-state index in [0.717, 1.165) is 10.9 Å². The van der Waals surface area contributed by atoms with Crippen molar-refractivity contribution in [1.82, 2.24) is 15.0 Å². The molecule has 4 aromatic rings. The quantitative estimate of drug-likeness (QED) is 0.374. The second kappa shape index (κ2) is 7.88. The topological polar surface area (TPSA) is 102 Å². The minimum Gasteiger partial charge on any atom is -0.366 e. The van der Waals surface area contributed by atoms with Crippen molar-refractivity contribution in [2.45, 2.75) is 0 Å². The molecule has 1 amide bonds. The molecule has 0 bridgehead atoms. The molecule has 30 heavy (non-hydrogen) atoms. The molecule has 0 aliphatic heterocycles. The highest BCUT2D eigenvalue weighted by molar-refractivity contribution is 6.30. The normalized spacial score (nSPS) is 11.3. The Morgan fingerprint density at radius 2 is 1.90 bits per heavy atom. The number of carbonyl (C=O) groups is 2. The van der Waals surface area contributed by atoms with Gasteiger partial charge >= 0.3 is 0 Å². The van der Waals surface area contributed by atoms with E-state index >= 15 is 0 Å². The summed E-state index contributed by atoms with van der Waals surface area (Å²) in [4.78, 5) is 34.8. The second-order valence-corrected chi connectivity index (χ2v) is 6.92. The molecule has 1 aromatic carbocycles. The average molecular weight is 421 g/mol. The number of nitrogens with one attached hydrogen (secondary N) is 1. The Balaban J connectivity index is 1.69. The van der Waals surface area contributed by atoms with Crippen molar-refractivity contribution >= 4 is 40.4 Å². The number of primary amides is 1. The van der Waals surface area contributed by atoms with E-state index in [9.17, 15) is 14.0 Å². The van der Waals surface area contributed by atoms with Gasteiger partial charge in [0.05, 0.1) is 10.6 Å². The zero-order chi connectivity index (χ0) is 21.3. The first-order chi connectivity index (χ1) is 14.4.